The number of fused-ring (bicyclic) bond motifs is 1. The minimum absolute atomic E-state index is 0.668. The smallest absolute Gasteiger partial charge is 0.161 e. The lowest BCUT2D eigenvalue weighted by Crippen LogP contribution is -2.20. The molecular weight excluding hydrogens is 496 g/mol. The Morgan fingerprint density at radius 2 is 1.45 bits per heavy atom. The fraction of sp³-hybridized carbons (Fsp3) is 0.400. The van der Waals surface area contributed by atoms with E-state index in [1.807, 2.05) is 19.9 Å². The zero-order chi connectivity index (χ0) is 28.0. The minimum Gasteiger partial charge on any atom is -0.486 e. The first kappa shape index (κ1) is 29.4. The Kier molecular flexibility index (Phi) is 11.7. The molecule has 0 radical (unpaired) electrons. The summed E-state index contributed by atoms with van der Waals surface area (Å²) in [4.78, 5) is 10.6. The molecule has 2 fully saturated rings. The van der Waals surface area contributed by atoms with E-state index in [9.17, 15) is 0 Å². The van der Waals surface area contributed by atoms with Crippen molar-refractivity contribution >= 4 is 6.79 Å². The molecular formula is C35H44N2O3. The van der Waals surface area contributed by atoms with E-state index in [1.54, 1.807) is 5.57 Å². The van der Waals surface area contributed by atoms with Crippen molar-refractivity contribution in [2.45, 2.75) is 51.4 Å². The van der Waals surface area contributed by atoms with Crippen LogP contribution in [0.3, 0.4) is 0 Å². The number of hydrogen-bond donors (Lipinski definition) is 1. The lowest BCUT2D eigenvalue weighted by atomic mass is 9.88. The van der Waals surface area contributed by atoms with Crippen LogP contribution < -0.4 is 14.8 Å². The van der Waals surface area contributed by atoms with Crippen LogP contribution in [0.25, 0.3) is 11.1 Å². The average Bonchev–Trinajstić information content (AvgIpc) is 3.52. The molecule has 3 aromatic carbocycles. The quantitative estimate of drug-likeness (QED) is 0.338. The average molecular weight is 541 g/mol. The number of likely N-dealkylation sites (N-methyl/N-ethyl adjacent to an activating group) is 1. The first-order valence-electron chi connectivity index (χ1n) is 14.7. The van der Waals surface area contributed by atoms with Gasteiger partial charge < -0.3 is 24.5 Å². The maximum Gasteiger partial charge on any atom is 0.161 e. The van der Waals surface area contributed by atoms with Crippen LogP contribution in [0.1, 0.15) is 49.7 Å². The number of allylic oxidation sites excluding steroid dienone is 2. The van der Waals surface area contributed by atoms with E-state index in [-0.39, 0.29) is 0 Å². The number of nitrogens with zero attached hydrogens (tertiary/aromatic N) is 1. The van der Waals surface area contributed by atoms with E-state index in [2.05, 4.69) is 76.9 Å². The van der Waals surface area contributed by atoms with E-state index in [4.69, 9.17) is 14.3 Å². The predicted molar refractivity (Wildman–Crippen MR) is 164 cm³/mol. The van der Waals surface area contributed by atoms with Crippen molar-refractivity contribution < 1.29 is 14.3 Å². The van der Waals surface area contributed by atoms with Crippen LogP contribution in [0.2, 0.25) is 0 Å². The second-order valence-electron chi connectivity index (χ2n) is 10.6. The van der Waals surface area contributed by atoms with Gasteiger partial charge in [-0.25, -0.2) is 0 Å². The third kappa shape index (κ3) is 8.46. The summed E-state index contributed by atoms with van der Waals surface area (Å²) in [7, 11) is 2.04. The van der Waals surface area contributed by atoms with Crippen molar-refractivity contribution in [1.82, 2.24) is 10.2 Å². The molecule has 0 spiro atoms. The van der Waals surface area contributed by atoms with Crippen LogP contribution in [-0.4, -0.2) is 51.6 Å². The van der Waals surface area contributed by atoms with Crippen LogP contribution in [0.5, 0.6) is 11.5 Å². The van der Waals surface area contributed by atoms with Gasteiger partial charge >= 0.3 is 0 Å². The molecule has 1 N–H and O–H groups in total. The van der Waals surface area contributed by atoms with Gasteiger partial charge in [0.1, 0.15) is 20.0 Å². The van der Waals surface area contributed by atoms with Gasteiger partial charge in [0.15, 0.2) is 11.5 Å². The fourth-order valence-electron chi connectivity index (χ4n) is 5.45. The Balaban J connectivity index is 0.000000175. The van der Waals surface area contributed by atoms with E-state index in [0.29, 0.717) is 13.2 Å². The van der Waals surface area contributed by atoms with Gasteiger partial charge in [-0.1, -0.05) is 66.2 Å². The Morgan fingerprint density at radius 3 is 2.10 bits per heavy atom. The number of likely N-dealkylation sites (tertiary alicyclic amines) is 1. The molecule has 212 valence electrons. The molecule has 3 aliphatic rings. The summed E-state index contributed by atoms with van der Waals surface area (Å²) in [6, 6.07) is 25.8. The highest BCUT2D eigenvalue weighted by atomic mass is 16.6. The maximum atomic E-state index is 8.00. The molecule has 2 aliphatic heterocycles. The molecule has 2 heterocycles. The zero-order valence-electron chi connectivity index (χ0n) is 24.0. The number of nitrogens with one attached hydrogen (secondary N) is 1. The van der Waals surface area contributed by atoms with Crippen molar-refractivity contribution in [2.24, 2.45) is 0 Å². The van der Waals surface area contributed by atoms with Crippen LogP contribution in [-0.2, 0) is 17.6 Å². The van der Waals surface area contributed by atoms with Gasteiger partial charge in [0, 0.05) is 19.2 Å². The largest absolute Gasteiger partial charge is 0.486 e. The second-order valence-corrected chi connectivity index (χ2v) is 10.6. The summed E-state index contributed by atoms with van der Waals surface area (Å²) in [6.07, 6.45) is 10.1. The number of carbonyl (C=O) groups excluding carboxylic acids is 1. The van der Waals surface area contributed by atoms with E-state index in [0.717, 1.165) is 24.3 Å². The predicted octanol–water partition coefficient (Wildman–Crippen LogP) is 6.85. The molecule has 0 aromatic heterocycles. The van der Waals surface area contributed by atoms with Crippen molar-refractivity contribution in [3.8, 4) is 22.6 Å². The summed E-state index contributed by atoms with van der Waals surface area (Å²) in [6.45, 7) is 7.16. The topological polar surface area (TPSA) is 50.8 Å². The molecule has 0 atom stereocenters. The van der Waals surface area contributed by atoms with Crippen LogP contribution >= 0.6 is 0 Å². The van der Waals surface area contributed by atoms with Gasteiger partial charge in [-0.05, 0) is 99.0 Å². The van der Waals surface area contributed by atoms with Crippen molar-refractivity contribution in [1.29, 1.82) is 0 Å². The van der Waals surface area contributed by atoms with Gasteiger partial charge in [0.25, 0.3) is 0 Å². The molecule has 0 amide bonds. The molecule has 1 saturated heterocycles. The molecule has 40 heavy (non-hydrogen) atoms. The molecule has 0 unspecified atom stereocenters. The van der Waals surface area contributed by atoms with Crippen molar-refractivity contribution in [3.63, 3.8) is 0 Å². The van der Waals surface area contributed by atoms with E-state index in [1.165, 1.54) is 86.1 Å². The molecule has 6 rings (SSSR count). The minimum atomic E-state index is 0.668. The summed E-state index contributed by atoms with van der Waals surface area (Å²) in [5, 5.41) is 3.38. The van der Waals surface area contributed by atoms with Gasteiger partial charge in [-0.3, -0.25) is 0 Å². The SMILES string of the molecule is C=O.CNC(Cc1ccc(-c2ccccc2)cc1)=C1CCC1.c1cc2c(cc1CCCN1CCCC1)OCCO2. The second kappa shape index (κ2) is 15.9. The van der Waals surface area contributed by atoms with Crippen LogP contribution in [0.15, 0.2) is 84.1 Å². The number of aryl methyl sites for hydroxylation is 1. The highest BCUT2D eigenvalue weighted by molar-refractivity contribution is 5.63. The van der Waals surface area contributed by atoms with Crippen LogP contribution in [0.4, 0.5) is 0 Å². The number of carbonyl (C=O) groups is 1. The van der Waals surface area contributed by atoms with Crippen LogP contribution in [0, 0.1) is 0 Å². The first-order valence-corrected chi connectivity index (χ1v) is 14.7. The first-order chi connectivity index (χ1) is 19.8. The van der Waals surface area contributed by atoms with Crippen molar-refractivity contribution in [2.75, 3.05) is 39.9 Å². The molecule has 3 aromatic rings. The van der Waals surface area contributed by atoms with E-state index >= 15 is 0 Å². The molecule has 5 heteroatoms. The Morgan fingerprint density at radius 1 is 0.800 bits per heavy atom. The normalized spacial score (nSPS) is 15.6. The Hall–Kier alpha value is -3.57. The van der Waals surface area contributed by atoms with E-state index < -0.39 is 0 Å². The monoisotopic (exact) mass is 540 g/mol. The highest BCUT2D eigenvalue weighted by Crippen LogP contribution is 2.31. The zero-order valence-corrected chi connectivity index (χ0v) is 24.0. The number of ether oxygens (including phenoxy) is 2. The molecule has 1 saturated carbocycles. The highest BCUT2D eigenvalue weighted by Gasteiger charge is 2.15. The summed E-state index contributed by atoms with van der Waals surface area (Å²) >= 11 is 0. The number of hydrogen-bond acceptors (Lipinski definition) is 5. The number of benzene rings is 3. The molecule has 0 bridgehead atoms. The van der Waals surface area contributed by atoms with Gasteiger partial charge in [0.2, 0.25) is 0 Å². The third-order valence-corrected chi connectivity index (χ3v) is 7.87. The summed E-state index contributed by atoms with van der Waals surface area (Å²) in [5.41, 5.74) is 8.34. The Bertz CT molecular complexity index is 1200. The Labute approximate surface area is 240 Å². The lowest BCUT2D eigenvalue weighted by molar-refractivity contribution is -0.0980. The molecule has 1 aliphatic carbocycles. The maximum absolute atomic E-state index is 8.00. The number of rotatable bonds is 8. The van der Waals surface area contributed by atoms with Gasteiger partial charge in [-0.15, -0.1) is 0 Å². The summed E-state index contributed by atoms with van der Waals surface area (Å²) < 4.78 is 11.1. The van der Waals surface area contributed by atoms with Crippen molar-refractivity contribution in [3.05, 3.63) is 95.2 Å². The lowest BCUT2D eigenvalue weighted by Gasteiger charge is -2.22. The van der Waals surface area contributed by atoms with Gasteiger partial charge in [-0.2, -0.15) is 0 Å². The van der Waals surface area contributed by atoms with Gasteiger partial charge in [0.05, 0.1) is 0 Å². The summed E-state index contributed by atoms with van der Waals surface area (Å²) in [5.74, 6) is 1.81. The standard InChI is InChI=1S/C19H21N.C15H21NO2.CH2O/c1-20-19(18-8-5-9-18)14-15-10-12-17(13-11-15)16-6-3-2-4-7-16;1-2-8-16(7-1)9-3-4-13-5-6-14-15(12-13)18-11-10-17-14;1-2/h2-4,6-7,10-13,20H,5,8-9,14H2,1H3;5-6,12H,1-4,7-11H2;1H2. The third-order valence-electron chi connectivity index (χ3n) is 7.87. The molecule has 5 nitrogen and oxygen atoms in total. The fourth-order valence-corrected chi connectivity index (χ4v) is 5.45.